The number of fused-ring (bicyclic) bond motifs is 3. The number of ether oxygens (including phenoxy) is 2. The first kappa shape index (κ1) is 17.8. The summed E-state index contributed by atoms with van der Waals surface area (Å²) in [5.74, 6) is 0.538. The van der Waals surface area contributed by atoms with E-state index in [0.717, 1.165) is 35.0 Å². The molecule has 1 fully saturated rings. The van der Waals surface area contributed by atoms with Crippen molar-refractivity contribution in [2.75, 3.05) is 32.1 Å². The van der Waals surface area contributed by atoms with Crippen molar-refractivity contribution in [1.29, 1.82) is 0 Å². The van der Waals surface area contributed by atoms with E-state index in [4.69, 9.17) is 13.9 Å². The van der Waals surface area contributed by atoms with Crippen LogP contribution in [0.1, 0.15) is 13.8 Å². The van der Waals surface area contributed by atoms with Gasteiger partial charge in [0.05, 0.1) is 31.5 Å². The zero-order chi connectivity index (χ0) is 19.0. The molecule has 1 aliphatic rings. The molecule has 0 bridgehead atoms. The third-order valence-electron chi connectivity index (χ3n) is 4.84. The molecule has 2 heterocycles. The smallest absolute Gasteiger partial charge is 0.238 e. The van der Waals surface area contributed by atoms with Crippen molar-refractivity contribution < 1.29 is 18.7 Å². The lowest BCUT2D eigenvalue weighted by molar-refractivity contribution is -0.121. The summed E-state index contributed by atoms with van der Waals surface area (Å²) in [6, 6.07) is 11.6. The van der Waals surface area contributed by atoms with Gasteiger partial charge in [0.25, 0.3) is 0 Å². The van der Waals surface area contributed by atoms with Gasteiger partial charge in [0.2, 0.25) is 5.91 Å². The fraction of sp³-hybridized carbons (Fsp3) is 0.381. The number of nitrogens with one attached hydrogen (secondary N) is 1. The molecule has 3 aromatic rings. The summed E-state index contributed by atoms with van der Waals surface area (Å²) in [6.45, 7) is 5.87. The average Bonchev–Trinajstić information content (AvgIpc) is 2.97. The van der Waals surface area contributed by atoms with Crippen LogP contribution in [0.4, 0.5) is 5.69 Å². The Labute approximate surface area is 158 Å². The maximum atomic E-state index is 12.6. The van der Waals surface area contributed by atoms with Crippen molar-refractivity contribution in [3.05, 3.63) is 36.4 Å². The SMILES string of the molecule is COc1cc2c(cc1NC(=O)CN1C[C@@H](C)O[C@H](C)C1)oc1ccccc12. The van der Waals surface area contributed by atoms with Gasteiger partial charge in [-0.1, -0.05) is 18.2 Å². The van der Waals surface area contributed by atoms with Gasteiger partial charge in [0.15, 0.2) is 0 Å². The van der Waals surface area contributed by atoms with Gasteiger partial charge in [-0.05, 0) is 26.0 Å². The average molecular weight is 368 g/mol. The third kappa shape index (κ3) is 3.63. The van der Waals surface area contributed by atoms with Crippen LogP contribution in [0, 0.1) is 0 Å². The number of hydrogen-bond acceptors (Lipinski definition) is 5. The van der Waals surface area contributed by atoms with E-state index >= 15 is 0 Å². The Morgan fingerprint density at radius 1 is 1.15 bits per heavy atom. The molecule has 6 nitrogen and oxygen atoms in total. The van der Waals surface area contributed by atoms with Gasteiger partial charge in [-0.3, -0.25) is 9.69 Å². The Morgan fingerprint density at radius 2 is 1.89 bits per heavy atom. The number of nitrogens with zero attached hydrogens (tertiary/aromatic N) is 1. The molecule has 0 aliphatic carbocycles. The lowest BCUT2D eigenvalue weighted by Crippen LogP contribution is -2.48. The summed E-state index contributed by atoms with van der Waals surface area (Å²) in [4.78, 5) is 14.7. The molecule has 1 aromatic heterocycles. The number of morpholine rings is 1. The van der Waals surface area contributed by atoms with E-state index in [9.17, 15) is 4.79 Å². The van der Waals surface area contributed by atoms with Gasteiger partial charge in [-0.25, -0.2) is 0 Å². The Bertz CT molecular complexity index is 971. The largest absolute Gasteiger partial charge is 0.495 e. The van der Waals surface area contributed by atoms with Crippen LogP contribution in [-0.2, 0) is 9.53 Å². The second-order valence-corrected chi connectivity index (χ2v) is 7.15. The number of carbonyl (C=O) groups is 1. The molecule has 1 amide bonds. The molecule has 2 atom stereocenters. The van der Waals surface area contributed by atoms with Crippen LogP contribution >= 0.6 is 0 Å². The summed E-state index contributed by atoms with van der Waals surface area (Å²) in [6.07, 6.45) is 0.256. The van der Waals surface area contributed by atoms with E-state index in [1.165, 1.54) is 0 Å². The van der Waals surface area contributed by atoms with Gasteiger partial charge in [0, 0.05) is 29.9 Å². The molecule has 2 aromatic carbocycles. The van der Waals surface area contributed by atoms with E-state index in [2.05, 4.69) is 10.2 Å². The Hall–Kier alpha value is -2.57. The highest BCUT2D eigenvalue weighted by Gasteiger charge is 2.24. The Morgan fingerprint density at radius 3 is 2.63 bits per heavy atom. The molecule has 1 N–H and O–H groups in total. The number of methoxy groups -OCH3 is 1. The van der Waals surface area contributed by atoms with Crippen LogP contribution in [0.5, 0.6) is 5.75 Å². The first-order chi connectivity index (χ1) is 13.0. The van der Waals surface area contributed by atoms with E-state index in [-0.39, 0.29) is 18.1 Å². The zero-order valence-electron chi connectivity index (χ0n) is 15.8. The first-order valence-electron chi connectivity index (χ1n) is 9.20. The summed E-state index contributed by atoms with van der Waals surface area (Å²) in [7, 11) is 1.60. The quantitative estimate of drug-likeness (QED) is 0.762. The predicted octanol–water partition coefficient (Wildman–Crippen LogP) is 3.64. The first-order valence-corrected chi connectivity index (χ1v) is 9.20. The molecule has 0 saturated carbocycles. The molecule has 0 radical (unpaired) electrons. The lowest BCUT2D eigenvalue weighted by atomic mass is 10.1. The monoisotopic (exact) mass is 368 g/mol. The fourth-order valence-electron chi connectivity index (χ4n) is 3.82. The van der Waals surface area contributed by atoms with Crippen molar-refractivity contribution in [2.45, 2.75) is 26.1 Å². The Kier molecular flexibility index (Phi) is 4.76. The number of amides is 1. The second kappa shape index (κ2) is 7.21. The minimum absolute atomic E-state index is 0.0786. The summed E-state index contributed by atoms with van der Waals surface area (Å²) >= 11 is 0. The Balaban J connectivity index is 1.57. The van der Waals surface area contributed by atoms with Crippen LogP contribution in [0.2, 0.25) is 0 Å². The van der Waals surface area contributed by atoms with Crippen molar-refractivity contribution in [3.63, 3.8) is 0 Å². The van der Waals surface area contributed by atoms with Crippen LogP contribution < -0.4 is 10.1 Å². The molecule has 1 aliphatic heterocycles. The molecule has 27 heavy (non-hydrogen) atoms. The summed E-state index contributed by atoms with van der Waals surface area (Å²) in [5.41, 5.74) is 2.15. The number of anilines is 1. The normalized spacial score (nSPS) is 20.9. The minimum atomic E-state index is -0.0786. The predicted molar refractivity (Wildman–Crippen MR) is 105 cm³/mol. The van der Waals surface area contributed by atoms with E-state index < -0.39 is 0 Å². The highest BCUT2D eigenvalue weighted by molar-refractivity contribution is 6.07. The standard InChI is InChI=1S/C21H24N2O4/c1-13-10-23(11-14(2)26-13)12-21(24)22-17-9-19-16(8-20(17)25-3)15-6-4-5-7-18(15)27-19/h4-9,13-14H,10-12H2,1-3H3,(H,22,24)/t13-,14-/m1/s1. The van der Waals surface area contributed by atoms with E-state index in [1.807, 2.05) is 50.2 Å². The molecule has 0 spiro atoms. The molecular formula is C21H24N2O4. The van der Waals surface area contributed by atoms with Crippen molar-refractivity contribution in [1.82, 2.24) is 4.90 Å². The van der Waals surface area contributed by atoms with Gasteiger partial charge < -0.3 is 19.2 Å². The second-order valence-electron chi connectivity index (χ2n) is 7.15. The van der Waals surface area contributed by atoms with Gasteiger partial charge in [-0.2, -0.15) is 0 Å². The third-order valence-corrected chi connectivity index (χ3v) is 4.84. The van der Waals surface area contributed by atoms with Crippen LogP contribution in [0.3, 0.4) is 0 Å². The highest BCUT2D eigenvalue weighted by atomic mass is 16.5. The maximum absolute atomic E-state index is 12.6. The number of carbonyl (C=O) groups excluding carboxylic acids is 1. The summed E-state index contributed by atoms with van der Waals surface area (Å²) in [5, 5.41) is 4.97. The lowest BCUT2D eigenvalue weighted by Gasteiger charge is -2.34. The number of hydrogen-bond donors (Lipinski definition) is 1. The van der Waals surface area contributed by atoms with Crippen LogP contribution in [-0.4, -0.2) is 49.8 Å². The van der Waals surface area contributed by atoms with Crippen molar-refractivity contribution >= 4 is 33.5 Å². The molecule has 142 valence electrons. The number of furan rings is 1. The molecular weight excluding hydrogens is 344 g/mol. The molecule has 1 saturated heterocycles. The molecule has 6 heteroatoms. The number of rotatable bonds is 4. The number of benzene rings is 2. The molecule has 4 rings (SSSR count). The zero-order valence-corrected chi connectivity index (χ0v) is 15.8. The maximum Gasteiger partial charge on any atom is 0.238 e. The topological polar surface area (TPSA) is 63.9 Å². The van der Waals surface area contributed by atoms with Gasteiger partial charge >= 0.3 is 0 Å². The van der Waals surface area contributed by atoms with Crippen molar-refractivity contribution in [3.8, 4) is 5.75 Å². The number of para-hydroxylation sites is 1. The van der Waals surface area contributed by atoms with Gasteiger partial charge in [0.1, 0.15) is 16.9 Å². The van der Waals surface area contributed by atoms with E-state index in [0.29, 0.717) is 18.0 Å². The van der Waals surface area contributed by atoms with Gasteiger partial charge in [-0.15, -0.1) is 0 Å². The minimum Gasteiger partial charge on any atom is -0.495 e. The fourth-order valence-corrected chi connectivity index (χ4v) is 3.82. The van der Waals surface area contributed by atoms with E-state index in [1.54, 1.807) is 7.11 Å². The summed E-state index contributed by atoms with van der Waals surface area (Å²) < 4.78 is 17.1. The van der Waals surface area contributed by atoms with Crippen LogP contribution in [0.15, 0.2) is 40.8 Å². The van der Waals surface area contributed by atoms with Crippen LogP contribution in [0.25, 0.3) is 21.9 Å². The molecule has 0 unspecified atom stereocenters. The highest BCUT2D eigenvalue weighted by Crippen LogP contribution is 2.36. The van der Waals surface area contributed by atoms with Crippen molar-refractivity contribution in [2.24, 2.45) is 0 Å².